The molecule has 1 saturated heterocycles. The number of carbonyl (C=O) groups excluding carboxylic acids is 2. The molecule has 1 heterocycles. The zero-order valence-corrected chi connectivity index (χ0v) is 12.1. The second-order valence-corrected chi connectivity index (χ2v) is 5.67. The molecule has 1 fully saturated rings. The molecule has 1 aliphatic heterocycles. The Balaban J connectivity index is 2.30. The highest BCUT2D eigenvalue weighted by Gasteiger charge is 2.37. The third-order valence-corrected chi connectivity index (χ3v) is 3.79. The second-order valence-electron chi connectivity index (χ2n) is 5.67. The lowest BCUT2D eigenvalue weighted by Crippen LogP contribution is -2.56. The minimum Gasteiger partial charge on any atom is -0.481 e. The summed E-state index contributed by atoms with van der Waals surface area (Å²) in [6.07, 6.45) is 0. The van der Waals surface area contributed by atoms with Crippen molar-refractivity contribution in [1.82, 2.24) is 10.2 Å². The van der Waals surface area contributed by atoms with Gasteiger partial charge >= 0.3 is 5.97 Å². The Bertz CT molecular complexity index is 391. The van der Waals surface area contributed by atoms with E-state index in [9.17, 15) is 14.4 Å². The Hall–Kier alpha value is -1.63. The van der Waals surface area contributed by atoms with Gasteiger partial charge in [-0.25, -0.2) is 0 Å². The first kappa shape index (κ1) is 16.4. The van der Waals surface area contributed by atoms with E-state index in [0.29, 0.717) is 13.1 Å². The summed E-state index contributed by atoms with van der Waals surface area (Å²) in [4.78, 5) is 35.7. The molecule has 0 bridgehead atoms. The molecule has 4 N–H and O–H groups in total. The number of carboxylic acid groups (broad SMARTS) is 1. The average molecular weight is 285 g/mol. The predicted octanol–water partition coefficient (Wildman–Crippen LogP) is -0.735. The van der Waals surface area contributed by atoms with Crippen LogP contribution < -0.4 is 11.1 Å². The number of hydrogen-bond donors (Lipinski definition) is 3. The lowest BCUT2D eigenvalue weighted by Gasteiger charge is -2.41. The number of hydrogen-bond acceptors (Lipinski definition) is 4. The molecule has 114 valence electrons. The molecule has 1 aliphatic rings. The van der Waals surface area contributed by atoms with Gasteiger partial charge in [-0.1, -0.05) is 20.8 Å². The topological polar surface area (TPSA) is 113 Å². The fourth-order valence-electron chi connectivity index (χ4n) is 1.93. The average Bonchev–Trinajstić information content (AvgIpc) is 2.32. The highest BCUT2D eigenvalue weighted by atomic mass is 16.4. The molecule has 2 atom stereocenters. The normalized spacial score (nSPS) is 18.4. The van der Waals surface area contributed by atoms with E-state index in [4.69, 9.17) is 10.8 Å². The van der Waals surface area contributed by atoms with E-state index in [1.165, 1.54) is 0 Å². The van der Waals surface area contributed by atoms with Gasteiger partial charge in [-0.05, 0) is 5.92 Å². The van der Waals surface area contributed by atoms with Crippen LogP contribution in [0.2, 0.25) is 0 Å². The molecule has 0 spiro atoms. The summed E-state index contributed by atoms with van der Waals surface area (Å²) in [6, 6.07) is -0.626. The molecule has 0 aromatic heterocycles. The van der Waals surface area contributed by atoms with E-state index >= 15 is 0 Å². The van der Waals surface area contributed by atoms with Gasteiger partial charge in [0.15, 0.2) is 0 Å². The predicted molar refractivity (Wildman–Crippen MR) is 72.7 cm³/mol. The standard InChI is InChI=1S/C13H23N3O4/c1-7(2)11(14)12(18)15-4-10(17)16-5-9(6-16)8(3)13(19)20/h7-9,11H,4-6,14H2,1-3H3,(H,15,18)(H,19,20)/t8?,11-/m0/s1. The number of carboxylic acids is 1. The summed E-state index contributed by atoms with van der Waals surface area (Å²) in [5.41, 5.74) is 5.66. The molecular weight excluding hydrogens is 262 g/mol. The molecule has 20 heavy (non-hydrogen) atoms. The Morgan fingerprint density at radius 2 is 1.85 bits per heavy atom. The van der Waals surface area contributed by atoms with Crippen molar-refractivity contribution in [2.24, 2.45) is 23.5 Å². The van der Waals surface area contributed by atoms with E-state index < -0.39 is 17.9 Å². The first-order valence-electron chi connectivity index (χ1n) is 6.78. The van der Waals surface area contributed by atoms with Crippen molar-refractivity contribution < 1.29 is 19.5 Å². The van der Waals surface area contributed by atoms with Crippen molar-refractivity contribution in [2.45, 2.75) is 26.8 Å². The van der Waals surface area contributed by atoms with E-state index in [1.807, 2.05) is 13.8 Å². The number of amides is 2. The first-order valence-corrected chi connectivity index (χ1v) is 6.78. The molecule has 0 aliphatic carbocycles. The van der Waals surface area contributed by atoms with E-state index in [1.54, 1.807) is 11.8 Å². The molecule has 0 radical (unpaired) electrons. The third kappa shape index (κ3) is 3.93. The number of rotatable bonds is 6. The first-order chi connectivity index (χ1) is 9.23. The quantitative estimate of drug-likeness (QED) is 0.595. The van der Waals surface area contributed by atoms with Gasteiger partial charge in [0, 0.05) is 19.0 Å². The lowest BCUT2D eigenvalue weighted by molar-refractivity contribution is -0.150. The number of nitrogens with one attached hydrogen (secondary N) is 1. The maximum absolute atomic E-state index is 11.8. The summed E-state index contributed by atoms with van der Waals surface area (Å²) in [7, 11) is 0. The largest absolute Gasteiger partial charge is 0.481 e. The van der Waals surface area contributed by atoms with Crippen LogP contribution >= 0.6 is 0 Å². The van der Waals surface area contributed by atoms with Crippen LogP contribution in [0.1, 0.15) is 20.8 Å². The van der Waals surface area contributed by atoms with Crippen LogP contribution in [0.5, 0.6) is 0 Å². The highest BCUT2D eigenvalue weighted by Crippen LogP contribution is 2.23. The number of nitrogens with zero attached hydrogens (tertiary/aromatic N) is 1. The van der Waals surface area contributed by atoms with Crippen molar-refractivity contribution in [3.63, 3.8) is 0 Å². The maximum atomic E-state index is 11.8. The lowest BCUT2D eigenvalue weighted by atomic mass is 9.87. The summed E-state index contributed by atoms with van der Waals surface area (Å²) >= 11 is 0. The van der Waals surface area contributed by atoms with Crippen molar-refractivity contribution in [2.75, 3.05) is 19.6 Å². The van der Waals surface area contributed by atoms with E-state index in [2.05, 4.69) is 5.32 Å². The van der Waals surface area contributed by atoms with Gasteiger partial charge in [0.05, 0.1) is 18.5 Å². The Labute approximate surface area is 118 Å². The number of carbonyl (C=O) groups is 3. The van der Waals surface area contributed by atoms with Crippen LogP contribution in [0.15, 0.2) is 0 Å². The number of aliphatic carboxylic acids is 1. The van der Waals surface area contributed by atoms with Crippen molar-refractivity contribution >= 4 is 17.8 Å². The Kier molecular flexibility index (Phi) is 5.50. The minimum atomic E-state index is -0.849. The molecule has 1 rings (SSSR count). The van der Waals surface area contributed by atoms with Crippen LogP contribution in [0.4, 0.5) is 0 Å². The molecule has 7 heteroatoms. The smallest absolute Gasteiger partial charge is 0.306 e. The van der Waals surface area contributed by atoms with Gasteiger partial charge in [-0.15, -0.1) is 0 Å². The molecule has 7 nitrogen and oxygen atoms in total. The molecule has 0 saturated carbocycles. The Morgan fingerprint density at radius 3 is 2.30 bits per heavy atom. The summed E-state index contributed by atoms with van der Waals surface area (Å²) in [6.45, 7) is 6.07. The summed E-state index contributed by atoms with van der Waals surface area (Å²) < 4.78 is 0. The van der Waals surface area contributed by atoms with Gasteiger partial charge in [-0.2, -0.15) is 0 Å². The van der Waals surface area contributed by atoms with Crippen molar-refractivity contribution in [1.29, 1.82) is 0 Å². The van der Waals surface area contributed by atoms with Gasteiger partial charge in [0.2, 0.25) is 11.8 Å². The van der Waals surface area contributed by atoms with Crippen LogP contribution in [0, 0.1) is 17.8 Å². The third-order valence-electron chi connectivity index (χ3n) is 3.79. The Morgan fingerprint density at radius 1 is 1.30 bits per heavy atom. The zero-order valence-electron chi connectivity index (χ0n) is 12.1. The van der Waals surface area contributed by atoms with Crippen molar-refractivity contribution in [3.8, 4) is 0 Å². The summed E-state index contributed by atoms with van der Waals surface area (Å²) in [5, 5.41) is 11.4. The van der Waals surface area contributed by atoms with Gasteiger partial charge in [0.1, 0.15) is 0 Å². The van der Waals surface area contributed by atoms with Crippen LogP contribution in [0.25, 0.3) is 0 Å². The fraction of sp³-hybridized carbons (Fsp3) is 0.769. The number of likely N-dealkylation sites (tertiary alicyclic amines) is 1. The van der Waals surface area contributed by atoms with Crippen LogP contribution in [0.3, 0.4) is 0 Å². The molecule has 0 aromatic rings. The summed E-state index contributed by atoms with van der Waals surface area (Å²) in [5.74, 6) is -1.85. The molecule has 0 aromatic carbocycles. The number of nitrogens with two attached hydrogens (primary N) is 1. The minimum absolute atomic E-state index is 0.00917. The van der Waals surface area contributed by atoms with Crippen LogP contribution in [-0.4, -0.2) is 53.5 Å². The second kappa shape index (κ2) is 6.69. The molecule has 1 unspecified atom stereocenters. The van der Waals surface area contributed by atoms with E-state index in [-0.39, 0.29) is 30.2 Å². The van der Waals surface area contributed by atoms with Gasteiger partial charge in [0.25, 0.3) is 0 Å². The highest BCUT2D eigenvalue weighted by molar-refractivity contribution is 5.87. The zero-order chi connectivity index (χ0) is 15.4. The van der Waals surface area contributed by atoms with Crippen molar-refractivity contribution in [3.05, 3.63) is 0 Å². The van der Waals surface area contributed by atoms with Gasteiger partial charge < -0.3 is 21.1 Å². The SMILES string of the molecule is CC(C(=O)O)C1CN(C(=O)CNC(=O)[C@@H](N)C(C)C)C1. The van der Waals surface area contributed by atoms with E-state index in [0.717, 1.165) is 0 Å². The maximum Gasteiger partial charge on any atom is 0.306 e. The van der Waals surface area contributed by atoms with Gasteiger partial charge in [-0.3, -0.25) is 14.4 Å². The monoisotopic (exact) mass is 285 g/mol. The molecule has 2 amide bonds. The molecular formula is C13H23N3O4. The van der Waals surface area contributed by atoms with Crippen LogP contribution in [-0.2, 0) is 14.4 Å². The fourth-order valence-corrected chi connectivity index (χ4v) is 1.93.